The van der Waals surface area contributed by atoms with Gasteiger partial charge in [0.05, 0.1) is 17.8 Å². The second-order valence-corrected chi connectivity index (χ2v) is 6.37. The van der Waals surface area contributed by atoms with Crippen LogP contribution in [0.4, 0.5) is 4.39 Å². The Hall–Kier alpha value is -3.02. The Morgan fingerprint density at radius 2 is 1.96 bits per heavy atom. The molecule has 0 radical (unpaired) electrons. The number of nitrogens with zero attached hydrogens (tertiary/aromatic N) is 5. The van der Waals surface area contributed by atoms with E-state index in [9.17, 15) is 4.39 Å². The summed E-state index contributed by atoms with van der Waals surface area (Å²) in [7, 11) is 0. The molecular formula is C20H20FN5. The molecule has 0 spiro atoms. The SMILES string of the molecule is CCCc1c(Cn2ccnc2-c2ccccc2F)nn2ccc(C)nc12. The number of aryl methyl sites for hydroxylation is 2. The van der Waals surface area contributed by atoms with E-state index in [1.54, 1.807) is 18.3 Å². The van der Waals surface area contributed by atoms with Gasteiger partial charge in [-0.2, -0.15) is 5.10 Å². The van der Waals surface area contributed by atoms with E-state index in [0.29, 0.717) is 17.9 Å². The average molecular weight is 349 g/mol. The molecule has 3 heterocycles. The summed E-state index contributed by atoms with van der Waals surface area (Å²) in [4.78, 5) is 9.01. The fourth-order valence-electron chi connectivity index (χ4n) is 3.23. The van der Waals surface area contributed by atoms with Crippen molar-refractivity contribution in [2.45, 2.75) is 33.2 Å². The molecular weight excluding hydrogens is 329 g/mol. The highest BCUT2D eigenvalue weighted by atomic mass is 19.1. The third-order valence-electron chi connectivity index (χ3n) is 4.45. The highest BCUT2D eigenvalue weighted by molar-refractivity contribution is 5.57. The molecule has 0 N–H and O–H groups in total. The number of rotatable bonds is 5. The monoisotopic (exact) mass is 349 g/mol. The van der Waals surface area contributed by atoms with Gasteiger partial charge in [0.25, 0.3) is 0 Å². The van der Waals surface area contributed by atoms with Gasteiger partial charge in [-0.3, -0.25) is 0 Å². The molecule has 0 saturated carbocycles. The summed E-state index contributed by atoms with van der Waals surface area (Å²) in [6, 6.07) is 8.64. The lowest BCUT2D eigenvalue weighted by Gasteiger charge is -2.08. The lowest BCUT2D eigenvalue weighted by atomic mass is 10.1. The Labute approximate surface area is 151 Å². The van der Waals surface area contributed by atoms with Crippen LogP contribution in [0.1, 0.15) is 30.3 Å². The van der Waals surface area contributed by atoms with Gasteiger partial charge in [0.1, 0.15) is 11.6 Å². The van der Waals surface area contributed by atoms with E-state index in [0.717, 1.165) is 35.4 Å². The number of aromatic nitrogens is 5. The molecule has 0 fully saturated rings. The van der Waals surface area contributed by atoms with Crippen LogP contribution in [0.15, 0.2) is 48.9 Å². The van der Waals surface area contributed by atoms with Gasteiger partial charge in [0, 0.05) is 29.8 Å². The van der Waals surface area contributed by atoms with Gasteiger partial charge in [0.2, 0.25) is 0 Å². The van der Waals surface area contributed by atoms with E-state index in [1.165, 1.54) is 6.07 Å². The van der Waals surface area contributed by atoms with Gasteiger partial charge in [-0.25, -0.2) is 18.9 Å². The van der Waals surface area contributed by atoms with Crippen LogP contribution in [0, 0.1) is 12.7 Å². The Balaban J connectivity index is 1.78. The van der Waals surface area contributed by atoms with Crippen LogP contribution in [0.5, 0.6) is 0 Å². The second kappa shape index (κ2) is 6.71. The number of halogens is 1. The summed E-state index contributed by atoms with van der Waals surface area (Å²) in [5, 5.41) is 4.72. The topological polar surface area (TPSA) is 48.0 Å². The highest BCUT2D eigenvalue weighted by Crippen LogP contribution is 2.23. The molecule has 132 valence electrons. The van der Waals surface area contributed by atoms with Crippen LogP contribution < -0.4 is 0 Å². The maximum absolute atomic E-state index is 14.2. The predicted octanol–water partition coefficient (Wildman–Crippen LogP) is 4.04. The lowest BCUT2D eigenvalue weighted by molar-refractivity contribution is 0.627. The van der Waals surface area contributed by atoms with Crippen molar-refractivity contribution in [1.82, 2.24) is 24.1 Å². The van der Waals surface area contributed by atoms with Gasteiger partial charge >= 0.3 is 0 Å². The molecule has 1 aromatic carbocycles. The average Bonchev–Trinajstić information content (AvgIpc) is 3.21. The lowest BCUT2D eigenvalue weighted by Crippen LogP contribution is -2.05. The fourth-order valence-corrected chi connectivity index (χ4v) is 3.23. The summed E-state index contributed by atoms with van der Waals surface area (Å²) in [5.74, 6) is 0.327. The molecule has 4 aromatic rings. The van der Waals surface area contributed by atoms with Crippen molar-refractivity contribution in [3.8, 4) is 11.4 Å². The van der Waals surface area contributed by atoms with Crippen molar-refractivity contribution >= 4 is 5.65 Å². The van der Waals surface area contributed by atoms with Crippen LogP contribution >= 0.6 is 0 Å². The molecule has 0 aliphatic heterocycles. The zero-order chi connectivity index (χ0) is 18.1. The standard InChI is InChI=1S/C20H20FN5/c1-3-6-16-18(24-26-11-9-14(2)23-20(16)26)13-25-12-10-22-19(25)15-7-4-5-8-17(15)21/h4-5,7-12H,3,6,13H2,1-2H3. The molecule has 0 aliphatic carbocycles. The number of imidazole rings is 1. The molecule has 3 aromatic heterocycles. The predicted molar refractivity (Wildman–Crippen MR) is 98.4 cm³/mol. The van der Waals surface area contributed by atoms with Crippen molar-refractivity contribution in [2.24, 2.45) is 0 Å². The zero-order valence-electron chi connectivity index (χ0n) is 14.9. The largest absolute Gasteiger partial charge is 0.325 e. The maximum Gasteiger partial charge on any atom is 0.158 e. The summed E-state index contributed by atoms with van der Waals surface area (Å²) in [5.41, 5.74) is 4.45. The molecule has 26 heavy (non-hydrogen) atoms. The van der Waals surface area contributed by atoms with Crippen LogP contribution in [0.2, 0.25) is 0 Å². The van der Waals surface area contributed by atoms with Gasteiger partial charge < -0.3 is 4.57 Å². The van der Waals surface area contributed by atoms with E-state index >= 15 is 0 Å². The first-order valence-corrected chi connectivity index (χ1v) is 8.77. The summed E-state index contributed by atoms with van der Waals surface area (Å²) in [6.45, 7) is 4.65. The highest BCUT2D eigenvalue weighted by Gasteiger charge is 2.17. The van der Waals surface area contributed by atoms with Crippen LogP contribution in [0.3, 0.4) is 0 Å². The molecule has 0 unspecified atom stereocenters. The normalized spacial score (nSPS) is 11.3. The van der Waals surface area contributed by atoms with Crippen LogP contribution in [-0.2, 0) is 13.0 Å². The Morgan fingerprint density at radius 3 is 2.77 bits per heavy atom. The molecule has 6 heteroatoms. The van der Waals surface area contributed by atoms with Crippen LogP contribution in [-0.4, -0.2) is 24.1 Å². The quantitative estimate of drug-likeness (QED) is 0.546. The van der Waals surface area contributed by atoms with Gasteiger partial charge in [0.15, 0.2) is 5.65 Å². The smallest absolute Gasteiger partial charge is 0.158 e. The minimum absolute atomic E-state index is 0.277. The first-order valence-electron chi connectivity index (χ1n) is 8.77. The van der Waals surface area contributed by atoms with Crippen molar-refractivity contribution in [3.63, 3.8) is 0 Å². The van der Waals surface area contributed by atoms with Crippen LogP contribution in [0.25, 0.3) is 17.0 Å². The minimum atomic E-state index is -0.277. The molecule has 4 rings (SSSR count). The number of hydrogen-bond donors (Lipinski definition) is 0. The number of benzene rings is 1. The number of fused-ring (bicyclic) bond motifs is 1. The van der Waals surface area contributed by atoms with Crippen molar-refractivity contribution in [3.05, 3.63) is 71.7 Å². The summed E-state index contributed by atoms with van der Waals surface area (Å²) < 4.78 is 18.0. The van der Waals surface area contributed by atoms with E-state index in [4.69, 9.17) is 5.10 Å². The van der Waals surface area contributed by atoms with Crippen molar-refractivity contribution in [2.75, 3.05) is 0 Å². The fraction of sp³-hybridized carbons (Fsp3) is 0.250. The third-order valence-corrected chi connectivity index (χ3v) is 4.45. The van der Waals surface area contributed by atoms with E-state index in [-0.39, 0.29) is 5.82 Å². The van der Waals surface area contributed by atoms with Gasteiger partial charge in [-0.05, 0) is 31.5 Å². The van der Waals surface area contributed by atoms with Gasteiger partial charge in [-0.1, -0.05) is 25.5 Å². The Bertz CT molecular complexity index is 1060. The number of hydrogen-bond acceptors (Lipinski definition) is 3. The molecule has 0 bridgehead atoms. The molecule has 5 nitrogen and oxygen atoms in total. The first kappa shape index (κ1) is 16.4. The van der Waals surface area contributed by atoms with E-state index in [2.05, 4.69) is 16.9 Å². The molecule has 0 saturated heterocycles. The van der Waals surface area contributed by atoms with Crippen molar-refractivity contribution < 1.29 is 4.39 Å². The molecule has 0 amide bonds. The summed E-state index contributed by atoms with van der Waals surface area (Å²) in [6.07, 6.45) is 7.40. The Morgan fingerprint density at radius 1 is 1.12 bits per heavy atom. The van der Waals surface area contributed by atoms with E-state index < -0.39 is 0 Å². The maximum atomic E-state index is 14.2. The summed E-state index contributed by atoms with van der Waals surface area (Å²) >= 11 is 0. The van der Waals surface area contributed by atoms with Crippen molar-refractivity contribution in [1.29, 1.82) is 0 Å². The zero-order valence-corrected chi connectivity index (χ0v) is 14.9. The molecule has 0 atom stereocenters. The second-order valence-electron chi connectivity index (χ2n) is 6.37. The molecule has 0 aliphatic rings. The van der Waals surface area contributed by atoms with E-state index in [1.807, 2.05) is 40.5 Å². The first-order chi connectivity index (χ1) is 12.7. The minimum Gasteiger partial charge on any atom is -0.325 e. The third kappa shape index (κ3) is 2.87. The Kier molecular flexibility index (Phi) is 4.24. The van der Waals surface area contributed by atoms with Gasteiger partial charge in [-0.15, -0.1) is 0 Å².